The average molecular weight is 306 g/mol. The second kappa shape index (κ2) is 7.91. The summed E-state index contributed by atoms with van der Waals surface area (Å²) >= 11 is 9.27. The first-order chi connectivity index (χ1) is 7.77. The lowest BCUT2D eigenvalue weighted by molar-refractivity contribution is 0.489. The minimum atomic E-state index is 0.636. The van der Waals surface area contributed by atoms with Gasteiger partial charge < -0.3 is 5.32 Å². The molecular weight excluding hydrogens is 288 g/mol. The molecule has 1 aromatic heterocycles. The Bertz CT molecular complexity index is 301. The topological polar surface area (TPSA) is 24.9 Å². The Kier molecular flexibility index (Phi) is 6.81. The second-order valence-electron chi connectivity index (χ2n) is 3.85. The Morgan fingerprint density at radius 2 is 2.31 bits per heavy atom. The highest BCUT2D eigenvalue weighted by molar-refractivity contribution is 9.10. The van der Waals surface area contributed by atoms with Gasteiger partial charge in [-0.25, -0.2) is 4.98 Å². The lowest BCUT2D eigenvalue weighted by atomic mass is 10.0. The van der Waals surface area contributed by atoms with Crippen LogP contribution in [0.1, 0.15) is 26.2 Å². The quantitative estimate of drug-likeness (QED) is 0.760. The Balaban J connectivity index is 2.45. The molecule has 1 atom stereocenters. The SMILES string of the molecule is CCCC(CCCl)CNc1ncccc1Br. The van der Waals surface area contributed by atoms with Crippen LogP contribution in [0.15, 0.2) is 22.8 Å². The summed E-state index contributed by atoms with van der Waals surface area (Å²) in [6.07, 6.45) is 5.27. The van der Waals surface area contributed by atoms with Crippen LogP contribution < -0.4 is 5.32 Å². The number of halogens is 2. The molecular formula is C12H18BrClN2. The van der Waals surface area contributed by atoms with E-state index in [0.29, 0.717) is 5.92 Å². The summed E-state index contributed by atoms with van der Waals surface area (Å²) in [5.41, 5.74) is 0. The lowest BCUT2D eigenvalue weighted by Crippen LogP contribution is -2.15. The van der Waals surface area contributed by atoms with Crippen LogP contribution >= 0.6 is 27.5 Å². The van der Waals surface area contributed by atoms with Crippen LogP contribution in [0.4, 0.5) is 5.82 Å². The predicted octanol–water partition coefficient (Wildman–Crippen LogP) is 4.30. The number of hydrogen-bond donors (Lipinski definition) is 1. The van der Waals surface area contributed by atoms with Crippen LogP contribution in [0.2, 0.25) is 0 Å². The zero-order chi connectivity index (χ0) is 11.8. The van der Waals surface area contributed by atoms with E-state index in [0.717, 1.165) is 29.1 Å². The number of hydrogen-bond acceptors (Lipinski definition) is 2. The number of anilines is 1. The number of alkyl halides is 1. The fraction of sp³-hybridized carbons (Fsp3) is 0.583. The van der Waals surface area contributed by atoms with Crippen molar-refractivity contribution in [1.82, 2.24) is 4.98 Å². The molecule has 1 N–H and O–H groups in total. The zero-order valence-corrected chi connectivity index (χ0v) is 11.9. The first-order valence-corrected chi connectivity index (χ1v) is 7.01. The molecule has 1 rings (SSSR count). The van der Waals surface area contributed by atoms with E-state index in [1.54, 1.807) is 6.20 Å². The highest BCUT2D eigenvalue weighted by atomic mass is 79.9. The Labute approximate surface area is 111 Å². The third kappa shape index (κ3) is 4.71. The standard InChI is InChI=1S/C12H18BrClN2/c1-2-4-10(6-7-14)9-16-12-11(13)5-3-8-15-12/h3,5,8,10H,2,4,6-7,9H2,1H3,(H,15,16). The summed E-state index contributed by atoms with van der Waals surface area (Å²) in [5, 5.41) is 3.37. The normalized spacial score (nSPS) is 12.4. The van der Waals surface area contributed by atoms with Gasteiger partial charge in [0.15, 0.2) is 0 Å². The molecule has 0 radical (unpaired) electrons. The largest absolute Gasteiger partial charge is 0.369 e. The van der Waals surface area contributed by atoms with Gasteiger partial charge in [0.25, 0.3) is 0 Å². The van der Waals surface area contributed by atoms with Crippen LogP contribution in [0, 0.1) is 5.92 Å². The van der Waals surface area contributed by atoms with Crippen molar-refractivity contribution in [2.45, 2.75) is 26.2 Å². The van der Waals surface area contributed by atoms with Gasteiger partial charge in [0.2, 0.25) is 0 Å². The van der Waals surface area contributed by atoms with Gasteiger partial charge in [0, 0.05) is 18.6 Å². The molecule has 1 aromatic rings. The fourth-order valence-corrected chi connectivity index (χ4v) is 2.37. The van der Waals surface area contributed by atoms with Crippen molar-refractivity contribution in [3.8, 4) is 0 Å². The first kappa shape index (κ1) is 13.8. The maximum absolute atomic E-state index is 5.79. The molecule has 0 aromatic carbocycles. The highest BCUT2D eigenvalue weighted by Gasteiger charge is 2.08. The van der Waals surface area contributed by atoms with E-state index in [-0.39, 0.29) is 0 Å². The Hall–Kier alpha value is -0.280. The smallest absolute Gasteiger partial charge is 0.140 e. The van der Waals surface area contributed by atoms with E-state index in [2.05, 4.69) is 33.2 Å². The molecule has 0 amide bonds. The molecule has 0 saturated carbocycles. The lowest BCUT2D eigenvalue weighted by Gasteiger charge is -2.16. The molecule has 0 bridgehead atoms. The van der Waals surface area contributed by atoms with Gasteiger partial charge in [-0.05, 0) is 46.8 Å². The molecule has 16 heavy (non-hydrogen) atoms. The van der Waals surface area contributed by atoms with Gasteiger partial charge in [-0.15, -0.1) is 11.6 Å². The minimum absolute atomic E-state index is 0.636. The van der Waals surface area contributed by atoms with Crippen molar-refractivity contribution in [2.24, 2.45) is 5.92 Å². The Morgan fingerprint density at radius 3 is 2.94 bits per heavy atom. The minimum Gasteiger partial charge on any atom is -0.369 e. The van der Waals surface area contributed by atoms with Gasteiger partial charge in [-0.3, -0.25) is 0 Å². The van der Waals surface area contributed by atoms with E-state index in [4.69, 9.17) is 11.6 Å². The third-order valence-electron chi connectivity index (χ3n) is 2.53. The van der Waals surface area contributed by atoms with Crippen LogP contribution in [0.3, 0.4) is 0 Å². The molecule has 90 valence electrons. The summed E-state index contributed by atoms with van der Waals surface area (Å²) in [4.78, 5) is 4.28. The molecule has 1 heterocycles. The second-order valence-corrected chi connectivity index (χ2v) is 5.08. The summed E-state index contributed by atoms with van der Waals surface area (Å²) in [5.74, 6) is 2.28. The molecule has 4 heteroatoms. The van der Waals surface area contributed by atoms with Crippen molar-refractivity contribution >= 4 is 33.3 Å². The van der Waals surface area contributed by atoms with Crippen LogP contribution in [-0.4, -0.2) is 17.4 Å². The number of nitrogens with one attached hydrogen (secondary N) is 1. The van der Waals surface area contributed by atoms with E-state index in [1.807, 2.05) is 12.1 Å². The number of pyridine rings is 1. The summed E-state index contributed by atoms with van der Waals surface area (Å²) in [7, 11) is 0. The van der Waals surface area contributed by atoms with E-state index >= 15 is 0 Å². The Morgan fingerprint density at radius 1 is 1.50 bits per heavy atom. The first-order valence-electron chi connectivity index (χ1n) is 5.68. The van der Waals surface area contributed by atoms with Crippen LogP contribution in [0.5, 0.6) is 0 Å². The maximum atomic E-state index is 5.79. The number of nitrogens with zero attached hydrogens (tertiary/aromatic N) is 1. The van der Waals surface area contributed by atoms with Gasteiger partial charge in [0.1, 0.15) is 5.82 Å². The zero-order valence-electron chi connectivity index (χ0n) is 9.55. The van der Waals surface area contributed by atoms with Crippen molar-refractivity contribution < 1.29 is 0 Å². The van der Waals surface area contributed by atoms with Crippen molar-refractivity contribution in [1.29, 1.82) is 0 Å². The molecule has 0 spiro atoms. The summed E-state index contributed by atoms with van der Waals surface area (Å²) in [6, 6.07) is 3.91. The van der Waals surface area contributed by atoms with Crippen molar-refractivity contribution in [2.75, 3.05) is 17.7 Å². The monoisotopic (exact) mass is 304 g/mol. The summed E-state index contributed by atoms with van der Waals surface area (Å²) in [6.45, 7) is 3.15. The highest BCUT2D eigenvalue weighted by Crippen LogP contribution is 2.20. The average Bonchev–Trinajstić information content (AvgIpc) is 2.28. The summed E-state index contributed by atoms with van der Waals surface area (Å²) < 4.78 is 1.01. The molecule has 0 aliphatic carbocycles. The predicted molar refractivity (Wildman–Crippen MR) is 74.2 cm³/mol. The molecule has 0 aliphatic heterocycles. The molecule has 0 fully saturated rings. The molecule has 0 saturated heterocycles. The van der Waals surface area contributed by atoms with Gasteiger partial charge >= 0.3 is 0 Å². The van der Waals surface area contributed by atoms with Crippen LogP contribution in [-0.2, 0) is 0 Å². The van der Waals surface area contributed by atoms with Crippen LogP contribution in [0.25, 0.3) is 0 Å². The van der Waals surface area contributed by atoms with Gasteiger partial charge in [0.05, 0.1) is 4.47 Å². The maximum Gasteiger partial charge on any atom is 0.140 e. The number of aromatic nitrogens is 1. The van der Waals surface area contributed by atoms with E-state index in [9.17, 15) is 0 Å². The fourth-order valence-electron chi connectivity index (χ4n) is 1.67. The third-order valence-corrected chi connectivity index (χ3v) is 3.39. The molecule has 0 aliphatic rings. The van der Waals surface area contributed by atoms with Gasteiger partial charge in [-0.2, -0.15) is 0 Å². The molecule has 1 unspecified atom stereocenters. The van der Waals surface area contributed by atoms with Gasteiger partial charge in [-0.1, -0.05) is 13.3 Å². The number of rotatable bonds is 7. The van der Waals surface area contributed by atoms with E-state index in [1.165, 1.54) is 12.8 Å². The van der Waals surface area contributed by atoms with Crippen molar-refractivity contribution in [3.05, 3.63) is 22.8 Å². The molecule has 2 nitrogen and oxygen atoms in total. The van der Waals surface area contributed by atoms with E-state index < -0.39 is 0 Å². The van der Waals surface area contributed by atoms with Crippen molar-refractivity contribution in [3.63, 3.8) is 0 Å².